The Morgan fingerprint density at radius 1 is 1.26 bits per heavy atom. The molecule has 102 valence electrons. The molecule has 1 N–H and O–H groups in total. The molecular formula is C15H17F2NS. The molecule has 4 heteroatoms. The van der Waals surface area contributed by atoms with Crippen LogP contribution in [0.5, 0.6) is 0 Å². The SMILES string of the molecule is CCNC(Cc1ccc(F)cc1F)c1sccc1C. The first-order valence-corrected chi connectivity index (χ1v) is 7.21. The van der Waals surface area contributed by atoms with E-state index in [0.29, 0.717) is 12.0 Å². The number of halogens is 2. The fourth-order valence-corrected chi connectivity index (χ4v) is 3.16. The summed E-state index contributed by atoms with van der Waals surface area (Å²) in [6.07, 6.45) is 0.529. The Hall–Kier alpha value is -1.26. The standard InChI is InChI=1S/C15H17F2NS/c1-3-18-14(15-10(2)6-7-19-15)8-11-4-5-12(16)9-13(11)17/h4-7,9,14,18H,3,8H2,1-2H3. The van der Waals surface area contributed by atoms with Crippen LogP contribution < -0.4 is 5.32 Å². The van der Waals surface area contributed by atoms with Crippen molar-refractivity contribution in [3.63, 3.8) is 0 Å². The van der Waals surface area contributed by atoms with Crippen LogP contribution in [0.25, 0.3) is 0 Å². The van der Waals surface area contributed by atoms with Gasteiger partial charge in [-0.3, -0.25) is 0 Å². The summed E-state index contributed by atoms with van der Waals surface area (Å²) in [6.45, 7) is 4.89. The maximum Gasteiger partial charge on any atom is 0.129 e. The smallest absolute Gasteiger partial charge is 0.129 e. The van der Waals surface area contributed by atoms with E-state index in [0.717, 1.165) is 12.6 Å². The van der Waals surface area contributed by atoms with Gasteiger partial charge in [-0.2, -0.15) is 0 Å². The molecule has 0 aliphatic rings. The Bertz CT molecular complexity index is 551. The van der Waals surface area contributed by atoms with E-state index in [4.69, 9.17) is 0 Å². The molecule has 0 aliphatic carbocycles. The van der Waals surface area contributed by atoms with Crippen molar-refractivity contribution in [3.05, 3.63) is 57.3 Å². The molecule has 1 heterocycles. The van der Waals surface area contributed by atoms with Gasteiger partial charge < -0.3 is 5.32 Å². The molecule has 1 aromatic carbocycles. The zero-order chi connectivity index (χ0) is 13.8. The summed E-state index contributed by atoms with van der Waals surface area (Å²) in [7, 11) is 0. The predicted molar refractivity (Wildman–Crippen MR) is 75.5 cm³/mol. The number of nitrogens with one attached hydrogen (secondary N) is 1. The van der Waals surface area contributed by atoms with Crippen molar-refractivity contribution in [1.82, 2.24) is 5.32 Å². The van der Waals surface area contributed by atoms with Gasteiger partial charge in [0.05, 0.1) is 0 Å². The van der Waals surface area contributed by atoms with Crippen molar-refractivity contribution < 1.29 is 8.78 Å². The fourth-order valence-electron chi connectivity index (χ4n) is 2.15. The van der Waals surface area contributed by atoms with Gasteiger partial charge in [-0.25, -0.2) is 8.78 Å². The van der Waals surface area contributed by atoms with Crippen LogP contribution in [0.1, 0.15) is 29.0 Å². The summed E-state index contributed by atoms with van der Waals surface area (Å²) in [5, 5.41) is 5.40. The number of rotatable bonds is 5. The Labute approximate surface area is 116 Å². The van der Waals surface area contributed by atoms with Crippen molar-refractivity contribution in [3.8, 4) is 0 Å². The third-order valence-corrected chi connectivity index (χ3v) is 4.24. The van der Waals surface area contributed by atoms with Gasteiger partial charge in [-0.05, 0) is 48.5 Å². The van der Waals surface area contributed by atoms with Crippen LogP contribution in [0.4, 0.5) is 8.78 Å². The lowest BCUT2D eigenvalue weighted by Gasteiger charge is -2.18. The minimum Gasteiger partial charge on any atom is -0.309 e. The van der Waals surface area contributed by atoms with Crippen molar-refractivity contribution in [2.24, 2.45) is 0 Å². The highest BCUT2D eigenvalue weighted by Gasteiger charge is 2.17. The van der Waals surface area contributed by atoms with Crippen molar-refractivity contribution in [2.75, 3.05) is 6.54 Å². The molecule has 0 bridgehead atoms. The van der Waals surface area contributed by atoms with Crippen LogP contribution >= 0.6 is 11.3 Å². The topological polar surface area (TPSA) is 12.0 Å². The van der Waals surface area contributed by atoms with E-state index >= 15 is 0 Å². The number of hydrogen-bond acceptors (Lipinski definition) is 2. The average Bonchev–Trinajstić information content (AvgIpc) is 2.78. The summed E-state index contributed by atoms with van der Waals surface area (Å²) in [4.78, 5) is 1.21. The van der Waals surface area contributed by atoms with Crippen LogP contribution in [0.2, 0.25) is 0 Å². The Morgan fingerprint density at radius 2 is 2.05 bits per heavy atom. The lowest BCUT2D eigenvalue weighted by atomic mass is 10.0. The van der Waals surface area contributed by atoms with Crippen LogP contribution in [-0.4, -0.2) is 6.54 Å². The zero-order valence-electron chi connectivity index (χ0n) is 11.0. The van der Waals surface area contributed by atoms with Crippen molar-refractivity contribution in [2.45, 2.75) is 26.3 Å². The highest BCUT2D eigenvalue weighted by molar-refractivity contribution is 7.10. The summed E-state index contributed by atoms with van der Waals surface area (Å²) in [6, 6.07) is 5.91. The minimum atomic E-state index is -0.534. The second kappa shape index (κ2) is 6.26. The molecule has 0 fully saturated rings. The molecule has 2 rings (SSSR count). The molecule has 0 saturated heterocycles. The number of aryl methyl sites for hydroxylation is 1. The van der Waals surface area contributed by atoms with E-state index in [-0.39, 0.29) is 6.04 Å². The number of benzene rings is 1. The molecule has 0 saturated carbocycles. The molecule has 19 heavy (non-hydrogen) atoms. The second-order valence-corrected chi connectivity index (χ2v) is 5.47. The predicted octanol–water partition coefficient (Wildman–Crippen LogP) is 4.23. The zero-order valence-corrected chi connectivity index (χ0v) is 11.9. The highest BCUT2D eigenvalue weighted by atomic mass is 32.1. The third-order valence-electron chi connectivity index (χ3n) is 3.11. The number of thiophene rings is 1. The molecule has 1 atom stereocenters. The lowest BCUT2D eigenvalue weighted by Crippen LogP contribution is -2.23. The molecule has 0 aliphatic heterocycles. The molecule has 1 nitrogen and oxygen atoms in total. The largest absolute Gasteiger partial charge is 0.309 e. The minimum absolute atomic E-state index is 0.0740. The first-order chi connectivity index (χ1) is 9.11. The molecule has 2 aromatic rings. The van der Waals surface area contributed by atoms with E-state index in [1.807, 2.05) is 12.3 Å². The molecule has 1 aromatic heterocycles. The maximum absolute atomic E-state index is 13.7. The normalized spacial score (nSPS) is 12.6. The van der Waals surface area contributed by atoms with Gasteiger partial charge in [0.25, 0.3) is 0 Å². The Balaban J connectivity index is 2.24. The Kier molecular flexibility index (Phi) is 4.66. The fraction of sp³-hybridized carbons (Fsp3) is 0.333. The van der Waals surface area contributed by atoms with Crippen molar-refractivity contribution >= 4 is 11.3 Å². The number of hydrogen-bond donors (Lipinski definition) is 1. The second-order valence-electron chi connectivity index (χ2n) is 4.52. The molecule has 0 radical (unpaired) electrons. The summed E-state index contributed by atoms with van der Waals surface area (Å²) in [5.74, 6) is -1.01. The van der Waals surface area contributed by atoms with Gasteiger partial charge in [-0.1, -0.05) is 13.0 Å². The first-order valence-electron chi connectivity index (χ1n) is 6.33. The summed E-state index contributed by atoms with van der Waals surface area (Å²) < 4.78 is 26.6. The van der Waals surface area contributed by atoms with Crippen LogP contribution in [0, 0.1) is 18.6 Å². The third kappa shape index (κ3) is 3.39. The van der Waals surface area contributed by atoms with E-state index in [2.05, 4.69) is 18.3 Å². The van der Waals surface area contributed by atoms with Gasteiger partial charge in [-0.15, -0.1) is 11.3 Å². The van der Waals surface area contributed by atoms with Gasteiger partial charge >= 0.3 is 0 Å². The Morgan fingerprint density at radius 3 is 2.63 bits per heavy atom. The quantitative estimate of drug-likeness (QED) is 0.865. The molecular weight excluding hydrogens is 264 g/mol. The van der Waals surface area contributed by atoms with E-state index < -0.39 is 11.6 Å². The van der Waals surface area contributed by atoms with E-state index in [1.165, 1.54) is 22.6 Å². The number of likely N-dealkylation sites (N-methyl/N-ethyl adjacent to an activating group) is 1. The summed E-state index contributed by atoms with van der Waals surface area (Å²) in [5.41, 5.74) is 1.75. The van der Waals surface area contributed by atoms with Gasteiger partial charge in [0.2, 0.25) is 0 Å². The maximum atomic E-state index is 13.7. The van der Waals surface area contributed by atoms with Crippen LogP contribution in [-0.2, 0) is 6.42 Å². The van der Waals surface area contributed by atoms with Gasteiger partial charge in [0, 0.05) is 17.0 Å². The average molecular weight is 281 g/mol. The van der Waals surface area contributed by atoms with E-state index in [9.17, 15) is 8.78 Å². The lowest BCUT2D eigenvalue weighted by molar-refractivity contribution is 0.525. The molecule has 0 spiro atoms. The van der Waals surface area contributed by atoms with Gasteiger partial charge in [0.15, 0.2) is 0 Å². The molecule has 0 amide bonds. The van der Waals surface area contributed by atoms with Crippen molar-refractivity contribution in [1.29, 1.82) is 0 Å². The van der Waals surface area contributed by atoms with Crippen LogP contribution in [0.3, 0.4) is 0 Å². The monoisotopic (exact) mass is 281 g/mol. The van der Waals surface area contributed by atoms with Crippen LogP contribution in [0.15, 0.2) is 29.6 Å². The van der Waals surface area contributed by atoms with E-state index in [1.54, 1.807) is 11.3 Å². The van der Waals surface area contributed by atoms with Gasteiger partial charge in [0.1, 0.15) is 11.6 Å². The summed E-state index contributed by atoms with van der Waals surface area (Å²) >= 11 is 1.67. The molecule has 1 unspecified atom stereocenters. The highest BCUT2D eigenvalue weighted by Crippen LogP contribution is 2.27. The first kappa shape index (κ1) is 14.2.